The highest BCUT2D eigenvalue weighted by Crippen LogP contribution is 2.36. The van der Waals surface area contributed by atoms with E-state index in [9.17, 15) is 0 Å². The van der Waals surface area contributed by atoms with Crippen LogP contribution in [0.2, 0.25) is 0 Å². The minimum atomic E-state index is 0.303. The maximum Gasteiger partial charge on any atom is 0.231 e. The van der Waals surface area contributed by atoms with Crippen molar-refractivity contribution in [2.75, 3.05) is 13.1 Å². The number of benzene rings is 1. The molecule has 110 valence electrons. The van der Waals surface area contributed by atoms with Crippen LogP contribution in [0, 0.1) is 5.92 Å². The van der Waals surface area contributed by atoms with Crippen molar-refractivity contribution < 1.29 is 4.52 Å². The van der Waals surface area contributed by atoms with E-state index in [1.165, 1.54) is 24.0 Å². The van der Waals surface area contributed by atoms with Crippen LogP contribution < -0.4 is 5.32 Å². The van der Waals surface area contributed by atoms with Crippen LogP contribution in [0.1, 0.15) is 54.4 Å². The number of hydrogen-bond donors (Lipinski definition) is 1. The van der Waals surface area contributed by atoms with Crippen LogP contribution in [0.25, 0.3) is 0 Å². The Labute approximate surface area is 124 Å². The first-order valence-electron chi connectivity index (χ1n) is 7.95. The summed E-state index contributed by atoms with van der Waals surface area (Å²) in [5, 5.41) is 7.70. The van der Waals surface area contributed by atoms with Crippen molar-refractivity contribution in [1.29, 1.82) is 0 Å². The van der Waals surface area contributed by atoms with Gasteiger partial charge in [-0.1, -0.05) is 36.3 Å². The van der Waals surface area contributed by atoms with Crippen molar-refractivity contribution >= 4 is 0 Å². The first-order valence-corrected chi connectivity index (χ1v) is 7.95. The molecule has 0 amide bonds. The summed E-state index contributed by atoms with van der Waals surface area (Å²) in [4.78, 5) is 4.75. The van der Waals surface area contributed by atoms with Gasteiger partial charge in [0, 0.05) is 12.5 Å². The summed E-state index contributed by atoms with van der Waals surface area (Å²) >= 11 is 0. The molecule has 1 aromatic heterocycles. The van der Waals surface area contributed by atoms with Crippen LogP contribution in [-0.4, -0.2) is 23.2 Å². The Morgan fingerprint density at radius 2 is 2.14 bits per heavy atom. The van der Waals surface area contributed by atoms with Crippen molar-refractivity contribution in [3.05, 3.63) is 47.1 Å². The van der Waals surface area contributed by atoms with Crippen LogP contribution in [0.15, 0.2) is 28.8 Å². The Bertz CT molecular complexity index is 636. The smallest absolute Gasteiger partial charge is 0.231 e. The molecule has 0 bridgehead atoms. The molecular formula is C17H21N3O. The van der Waals surface area contributed by atoms with E-state index in [0.717, 1.165) is 31.2 Å². The second kappa shape index (κ2) is 5.26. The van der Waals surface area contributed by atoms with E-state index < -0.39 is 0 Å². The highest BCUT2D eigenvalue weighted by molar-refractivity contribution is 5.36. The number of aromatic nitrogens is 2. The monoisotopic (exact) mass is 283 g/mol. The predicted molar refractivity (Wildman–Crippen MR) is 80.3 cm³/mol. The zero-order valence-corrected chi connectivity index (χ0v) is 12.4. The second-order valence-electron chi connectivity index (χ2n) is 6.38. The number of fused-ring (bicyclic) bond motifs is 1. The first kappa shape index (κ1) is 13.0. The van der Waals surface area contributed by atoms with E-state index in [0.29, 0.717) is 17.8 Å². The summed E-state index contributed by atoms with van der Waals surface area (Å²) in [7, 11) is 0. The third-order valence-corrected chi connectivity index (χ3v) is 4.97. The van der Waals surface area contributed by atoms with Gasteiger partial charge in [-0.2, -0.15) is 4.98 Å². The lowest BCUT2D eigenvalue weighted by Gasteiger charge is -2.22. The Morgan fingerprint density at radius 1 is 1.24 bits per heavy atom. The SMILES string of the molecule is C[C@@H]1CNC[C@H]1c1nc(C2CCCc3ccccc32)no1. The summed E-state index contributed by atoms with van der Waals surface area (Å²) in [6, 6.07) is 8.68. The number of aryl methyl sites for hydroxylation is 1. The molecule has 4 nitrogen and oxygen atoms in total. The average molecular weight is 283 g/mol. The number of nitrogens with one attached hydrogen (secondary N) is 1. The van der Waals surface area contributed by atoms with Gasteiger partial charge in [-0.25, -0.2) is 0 Å². The number of rotatable bonds is 2. The van der Waals surface area contributed by atoms with Gasteiger partial charge in [0.25, 0.3) is 0 Å². The average Bonchev–Trinajstić information content (AvgIpc) is 3.15. The number of nitrogens with zero attached hydrogens (tertiary/aromatic N) is 2. The molecule has 21 heavy (non-hydrogen) atoms. The Balaban J connectivity index is 1.65. The molecule has 0 saturated carbocycles. The van der Waals surface area contributed by atoms with Gasteiger partial charge in [0.15, 0.2) is 5.82 Å². The van der Waals surface area contributed by atoms with E-state index in [1.54, 1.807) is 0 Å². The van der Waals surface area contributed by atoms with Gasteiger partial charge in [-0.3, -0.25) is 0 Å². The second-order valence-corrected chi connectivity index (χ2v) is 6.38. The molecule has 1 fully saturated rings. The zero-order chi connectivity index (χ0) is 14.2. The summed E-state index contributed by atoms with van der Waals surface area (Å²) in [5.41, 5.74) is 2.82. The van der Waals surface area contributed by atoms with E-state index in [-0.39, 0.29) is 0 Å². The van der Waals surface area contributed by atoms with Crippen molar-refractivity contribution in [2.24, 2.45) is 5.92 Å². The van der Waals surface area contributed by atoms with Crippen LogP contribution >= 0.6 is 0 Å². The van der Waals surface area contributed by atoms with Crippen molar-refractivity contribution in [2.45, 2.75) is 38.0 Å². The fourth-order valence-electron chi connectivity index (χ4n) is 3.70. The van der Waals surface area contributed by atoms with Gasteiger partial charge < -0.3 is 9.84 Å². The Kier molecular flexibility index (Phi) is 3.26. The molecule has 1 aliphatic heterocycles. The van der Waals surface area contributed by atoms with Gasteiger partial charge in [0.05, 0.1) is 5.92 Å². The summed E-state index contributed by atoms with van der Waals surface area (Å²) in [6.45, 7) is 4.23. The maximum atomic E-state index is 5.59. The van der Waals surface area contributed by atoms with Crippen LogP contribution in [0.3, 0.4) is 0 Å². The lowest BCUT2D eigenvalue weighted by molar-refractivity contribution is 0.334. The quantitative estimate of drug-likeness (QED) is 0.920. The largest absolute Gasteiger partial charge is 0.339 e. The number of hydrogen-bond acceptors (Lipinski definition) is 4. The van der Waals surface area contributed by atoms with Crippen LogP contribution in [0.5, 0.6) is 0 Å². The molecule has 2 aromatic rings. The van der Waals surface area contributed by atoms with E-state index >= 15 is 0 Å². The van der Waals surface area contributed by atoms with Crippen molar-refractivity contribution in [3.8, 4) is 0 Å². The normalized spacial score (nSPS) is 28.5. The topological polar surface area (TPSA) is 51.0 Å². The molecule has 1 N–H and O–H groups in total. The maximum absolute atomic E-state index is 5.59. The third-order valence-electron chi connectivity index (χ3n) is 4.97. The van der Waals surface area contributed by atoms with Gasteiger partial charge in [-0.05, 0) is 42.9 Å². The van der Waals surface area contributed by atoms with Crippen LogP contribution in [0.4, 0.5) is 0 Å². The molecule has 1 aromatic carbocycles. The molecule has 2 aliphatic rings. The zero-order valence-electron chi connectivity index (χ0n) is 12.4. The highest BCUT2D eigenvalue weighted by Gasteiger charge is 2.32. The van der Waals surface area contributed by atoms with Gasteiger partial charge >= 0.3 is 0 Å². The highest BCUT2D eigenvalue weighted by atomic mass is 16.5. The molecule has 1 saturated heterocycles. The predicted octanol–water partition coefficient (Wildman–Crippen LogP) is 2.86. The summed E-state index contributed by atoms with van der Waals surface area (Å²) in [5.74, 6) is 2.92. The molecule has 1 unspecified atom stereocenters. The van der Waals surface area contributed by atoms with Gasteiger partial charge in [-0.15, -0.1) is 0 Å². The van der Waals surface area contributed by atoms with E-state index in [1.807, 2.05) is 0 Å². The molecule has 4 rings (SSSR count). The Hall–Kier alpha value is -1.68. The van der Waals surface area contributed by atoms with E-state index in [4.69, 9.17) is 9.51 Å². The minimum absolute atomic E-state index is 0.303. The summed E-state index contributed by atoms with van der Waals surface area (Å²) < 4.78 is 5.59. The fraction of sp³-hybridized carbons (Fsp3) is 0.529. The Morgan fingerprint density at radius 3 is 3.00 bits per heavy atom. The summed E-state index contributed by atoms with van der Waals surface area (Å²) in [6.07, 6.45) is 3.49. The molecule has 4 heteroatoms. The third kappa shape index (κ3) is 2.27. The van der Waals surface area contributed by atoms with Crippen molar-refractivity contribution in [1.82, 2.24) is 15.5 Å². The molecule has 2 heterocycles. The molecular weight excluding hydrogens is 262 g/mol. The van der Waals surface area contributed by atoms with Crippen molar-refractivity contribution in [3.63, 3.8) is 0 Å². The van der Waals surface area contributed by atoms with Gasteiger partial charge in [0.2, 0.25) is 5.89 Å². The van der Waals surface area contributed by atoms with E-state index in [2.05, 4.69) is 41.7 Å². The molecule has 1 aliphatic carbocycles. The first-order chi connectivity index (χ1) is 10.3. The lowest BCUT2D eigenvalue weighted by atomic mass is 9.82. The fourth-order valence-corrected chi connectivity index (χ4v) is 3.70. The standard InChI is InChI=1S/C17H21N3O/c1-11-9-18-10-15(11)17-19-16(20-21-17)14-8-4-6-12-5-2-3-7-13(12)14/h2-3,5,7,11,14-15,18H,4,6,8-10H2,1H3/t11-,14?,15-/m1/s1. The molecule has 0 spiro atoms. The lowest BCUT2D eigenvalue weighted by Crippen LogP contribution is -2.13. The molecule has 3 atom stereocenters. The van der Waals surface area contributed by atoms with Gasteiger partial charge in [0.1, 0.15) is 0 Å². The van der Waals surface area contributed by atoms with Crippen LogP contribution in [-0.2, 0) is 6.42 Å². The molecule has 0 radical (unpaired) electrons. The minimum Gasteiger partial charge on any atom is -0.339 e.